The van der Waals surface area contributed by atoms with Crippen LogP contribution in [-0.4, -0.2) is 36.4 Å². The lowest BCUT2D eigenvalue weighted by molar-refractivity contribution is -0.205. The molecule has 0 aliphatic heterocycles. The topological polar surface area (TPSA) is 72.8 Å². The minimum absolute atomic E-state index is 0.0919. The van der Waals surface area contributed by atoms with Gasteiger partial charge in [0.15, 0.2) is 0 Å². The van der Waals surface area contributed by atoms with Crippen molar-refractivity contribution in [2.24, 2.45) is 45.8 Å². The van der Waals surface area contributed by atoms with Gasteiger partial charge >= 0.3 is 11.9 Å². The predicted molar refractivity (Wildman–Crippen MR) is 132 cm³/mol. The van der Waals surface area contributed by atoms with Gasteiger partial charge in [-0.25, -0.2) is 0 Å². The normalized spacial score (nSPS) is 46.6. The Kier molecular flexibility index (Phi) is 7.19. The zero-order valence-corrected chi connectivity index (χ0v) is 22.4. The number of esters is 2. The van der Waals surface area contributed by atoms with E-state index in [9.17, 15) is 14.7 Å². The van der Waals surface area contributed by atoms with E-state index in [1.165, 1.54) is 46.1 Å². The fourth-order valence-corrected chi connectivity index (χ4v) is 9.88. The number of aliphatic hydroxyl groups excluding tert-OH is 1. The summed E-state index contributed by atoms with van der Waals surface area (Å²) >= 11 is 0. The second kappa shape index (κ2) is 9.41. The molecule has 1 N–H and O–H groups in total. The zero-order chi connectivity index (χ0) is 24.9. The maximum Gasteiger partial charge on any atom is 0.305 e. The molecule has 194 valence electrons. The highest BCUT2D eigenvalue weighted by Crippen LogP contribution is 2.73. The van der Waals surface area contributed by atoms with Gasteiger partial charge in [0, 0.05) is 13.3 Å². The van der Waals surface area contributed by atoms with Crippen LogP contribution in [0.1, 0.15) is 105 Å². The molecule has 4 rings (SSSR count). The Labute approximate surface area is 206 Å². The van der Waals surface area contributed by atoms with Crippen molar-refractivity contribution in [3.63, 3.8) is 0 Å². The summed E-state index contributed by atoms with van der Waals surface area (Å²) in [6, 6.07) is 0. The van der Waals surface area contributed by atoms with Gasteiger partial charge < -0.3 is 14.6 Å². The van der Waals surface area contributed by atoms with Crippen LogP contribution in [0.5, 0.6) is 0 Å². The molecule has 5 nitrogen and oxygen atoms in total. The van der Waals surface area contributed by atoms with Gasteiger partial charge in [-0.15, -0.1) is 0 Å². The molecule has 0 amide bonds. The van der Waals surface area contributed by atoms with Crippen LogP contribution in [0.2, 0.25) is 0 Å². The van der Waals surface area contributed by atoms with E-state index < -0.39 is 6.10 Å². The first-order chi connectivity index (χ1) is 16.0. The van der Waals surface area contributed by atoms with Gasteiger partial charge in [-0.3, -0.25) is 9.59 Å². The van der Waals surface area contributed by atoms with Gasteiger partial charge in [0.05, 0.1) is 13.2 Å². The van der Waals surface area contributed by atoms with E-state index in [4.69, 9.17) is 9.47 Å². The van der Waals surface area contributed by atoms with Gasteiger partial charge in [-0.1, -0.05) is 27.7 Å². The summed E-state index contributed by atoms with van der Waals surface area (Å²) in [4.78, 5) is 23.2. The third kappa shape index (κ3) is 4.02. The maximum atomic E-state index is 11.6. The SMILES string of the molecule is COC(=O)CCCC(C)[C@H]1CC[C@@]2(C)[C@@H]3CC[C@H]4[C@@H](O)[C@@H](OC(C)=O)CC[C@]4(C)[C@H]3CC[C@]12C. The van der Waals surface area contributed by atoms with Crippen molar-refractivity contribution in [2.45, 2.75) is 117 Å². The van der Waals surface area contributed by atoms with Crippen molar-refractivity contribution in [1.82, 2.24) is 0 Å². The smallest absolute Gasteiger partial charge is 0.305 e. The number of fused-ring (bicyclic) bond motifs is 5. The van der Waals surface area contributed by atoms with Crippen LogP contribution in [0.3, 0.4) is 0 Å². The second-order valence-electron chi connectivity index (χ2n) is 13.0. The molecule has 0 heterocycles. The van der Waals surface area contributed by atoms with Gasteiger partial charge in [-0.2, -0.15) is 0 Å². The molecule has 0 aromatic rings. The first-order valence-electron chi connectivity index (χ1n) is 13.9. The Morgan fingerprint density at radius 1 is 0.941 bits per heavy atom. The Hall–Kier alpha value is -1.10. The van der Waals surface area contributed by atoms with Crippen molar-refractivity contribution in [3.05, 3.63) is 0 Å². The van der Waals surface area contributed by atoms with Crippen LogP contribution in [0, 0.1) is 45.8 Å². The second-order valence-corrected chi connectivity index (χ2v) is 13.0. The molecule has 0 radical (unpaired) electrons. The van der Waals surface area contributed by atoms with Crippen LogP contribution in [-0.2, 0) is 19.1 Å². The number of rotatable bonds is 6. The average molecular weight is 477 g/mol. The average Bonchev–Trinajstić information content (AvgIpc) is 3.07. The summed E-state index contributed by atoms with van der Waals surface area (Å²) in [5.74, 6) is 2.55. The summed E-state index contributed by atoms with van der Waals surface area (Å²) in [7, 11) is 1.48. The van der Waals surface area contributed by atoms with Crippen molar-refractivity contribution in [1.29, 1.82) is 0 Å². The maximum absolute atomic E-state index is 11.6. The molecule has 0 saturated heterocycles. The Bertz CT molecular complexity index is 780. The number of ether oxygens (including phenoxy) is 2. The van der Waals surface area contributed by atoms with E-state index in [1.807, 2.05) is 0 Å². The molecule has 0 aromatic heterocycles. The third-order valence-corrected chi connectivity index (χ3v) is 11.9. The molecule has 4 aliphatic rings. The minimum atomic E-state index is -0.532. The summed E-state index contributed by atoms with van der Waals surface area (Å²) in [5.41, 5.74) is 0.812. The highest BCUT2D eigenvalue weighted by atomic mass is 16.6. The van der Waals surface area contributed by atoms with Crippen LogP contribution in [0.15, 0.2) is 0 Å². The number of hydrogen-bond acceptors (Lipinski definition) is 5. The lowest BCUT2D eigenvalue weighted by Gasteiger charge is -2.65. The molecule has 0 spiro atoms. The first kappa shape index (κ1) is 26.0. The Balaban J connectivity index is 1.49. The molecule has 1 unspecified atom stereocenters. The fourth-order valence-electron chi connectivity index (χ4n) is 9.88. The van der Waals surface area contributed by atoms with Crippen LogP contribution in [0.4, 0.5) is 0 Å². The van der Waals surface area contributed by atoms with Gasteiger partial charge in [0.2, 0.25) is 0 Å². The molecular weight excluding hydrogens is 428 g/mol. The Morgan fingerprint density at radius 2 is 1.62 bits per heavy atom. The van der Waals surface area contributed by atoms with Crippen molar-refractivity contribution < 1.29 is 24.2 Å². The summed E-state index contributed by atoms with van der Waals surface area (Å²) in [6.45, 7) is 11.5. The minimum Gasteiger partial charge on any atom is -0.469 e. The number of hydrogen-bond donors (Lipinski definition) is 1. The standard InChI is InChI=1S/C29H48O5/c1-18(8-7-9-25(31)33-6)20-12-16-29(5)22-10-11-23-26(32)24(34-19(2)30)14-15-27(23,3)21(22)13-17-28(20,29)4/h18,20-24,26,32H,7-17H2,1-6H3/t18?,20-,21+,22-,23+,24+,26-,27-,28-,29+/m1/s1. The van der Waals surface area contributed by atoms with Crippen molar-refractivity contribution >= 4 is 11.9 Å². The zero-order valence-electron chi connectivity index (χ0n) is 22.4. The van der Waals surface area contributed by atoms with Gasteiger partial charge in [-0.05, 0) is 110 Å². The van der Waals surface area contributed by atoms with Gasteiger partial charge in [0.25, 0.3) is 0 Å². The van der Waals surface area contributed by atoms with Crippen molar-refractivity contribution in [2.75, 3.05) is 7.11 Å². The predicted octanol–water partition coefficient (Wildman–Crippen LogP) is 5.92. The highest BCUT2D eigenvalue weighted by molar-refractivity contribution is 5.69. The summed E-state index contributed by atoms with van der Waals surface area (Å²) < 4.78 is 10.4. The van der Waals surface area contributed by atoms with Crippen molar-refractivity contribution in [3.8, 4) is 0 Å². The molecule has 4 saturated carbocycles. The van der Waals surface area contributed by atoms with E-state index >= 15 is 0 Å². The molecule has 0 aromatic carbocycles. The third-order valence-electron chi connectivity index (χ3n) is 11.9. The monoisotopic (exact) mass is 476 g/mol. The van der Waals surface area contributed by atoms with Gasteiger partial charge in [0.1, 0.15) is 6.10 Å². The largest absolute Gasteiger partial charge is 0.469 e. The summed E-state index contributed by atoms with van der Waals surface area (Å²) in [5, 5.41) is 11.2. The summed E-state index contributed by atoms with van der Waals surface area (Å²) in [6.07, 6.45) is 10.9. The molecule has 5 heteroatoms. The number of methoxy groups -OCH3 is 1. The highest BCUT2D eigenvalue weighted by Gasteiger charge is 2.66. The molecule has 0 bridgehead atoms. The number of aliphatic hydroxyl groups is 1. The Morgan fingerprint density at radius 3 is 2.29 bits per heavy atom. The quantitative estimate of drug-likeness (QED) is 0.482. The molecule has 10 atom stereocenters. The van der Waals surface area contributed by atoms with E-state index in [2.05, 4.69) is 27.7 Å². The molecule has 4 fully saturated rings. The van der Waals surface area contributed by atoms with Crippen LogP contribution >= 0.6 is 0 Å². The lowest BCUT2D eigenvalue weighted by Crippen LogP contribution is -2.61. The number of carbonyl (C=O) groups excluding carboxylic acids is 2. The van der Waals surface area contributed by atoms with E-state index in [-0.39, 0.29) is 29.4 Å². The molecular formula is C29H48O5. The molecule has 4 aliphatic carbocycles. The molecule has 34 heavy (non-hydrogen) atoms. The van der Waals surface area contributed by atoms with E-state index in [1.54, 1.807) is 0 Å². The van der Waals surface area contributed by atoms with E-state index in [0.717, 1.165) is 32.1 Å². The first-order valence-corrected chi connectivity index (χ1v) is 13.9. The lowest BCUT2D eigenvalue weighted by atomic mass is 9.40. The van der Waals surface area contributed by atoms with E-state index in [0.29, 0.717) is 40.9 Å². The fraction of sp³-hybridized carbons (Fsp3) is 0.931. The van der Waals surface area contributed by atoms with Crippen LogP contribution in [0.25, 0.3) is 0 Å². The van der Waals surface area contributed by atoms with Crippen LogP contribution < -0.4 is 0 Å². The number of carbonyl (C=O) groups is 2.